The van der Waals surface area contributed by atoms with Crippen molar-refractivity contribution >= 4 is 11.9 Å². The third kappa shape index (κ3) is 3.23. The van der Waals surface area contributed by atoms with Gasteiger partial charge in [-0.3, -0.25) is 9.59 Å². The minimum atomic E-state index is -0.701. The number of rotatable bonds is 4. The molecule has 0 saturated heterocycles. The minimum absolute atomic E-state index is 0.102. The van der Waals surface area contributed by atoms with Gasteiger partial charge in [0.25, 0.3) is 0 Å². The number of esters is 2. The molecule has 0 aliphatic heterocycles. The van der Waals surface area contributed by atoms with Crippen molar-refractivity contribution in [2.24, 2.45) is 41.4 Å². The number of aliphatic hydroxyl groups is 1. The Morgan fingerprint density at radius 3 is 2.24 bits per heavy atom. The molecule has 0 radical (unpaired) electrons. The summed E-state index contributed by atoms with van der Waals surface area (Å²) in [6.07, 6.45) is 5.98. The molecule has 2 bridgehead atoms. The van der Waals surface area contributed by atoms with Gasteiger partial charge in [-0.1, -0.05) is 39.3 Å². The highest BCUT2D eigenvalue weighted by Crippen LogP contribution is 2.49. The van der Waals surface area contributed by atoms with Gasteiger partial charge >= 0.3 is 11.9 Å². The van der Waals surface area contributed by atoms with Crippen molar-refractivity contribution in [3.05, 3.63) is 12.2 Å². The standard InChI is InChI=1S/C20H30O5/c1-10(2)12-6-5-11(3)9-15(12)25-20(23)17-14-8-7-13(18(14)21)16(17)19(22)24-4/h7-8,10-18,21H,5-6,9H2,1-4H3/t11-,12+,13+,14-,15-,16+,17+,18-/m1/s1. The fourth-order valence-electron chi connectivity index (χ4n) is 5.11. The smallest absolute Gasteiger partial charge is 0.310 e. The van der Waals surface area contributed by atoms with Crippen LogP contribution in [0.5, 0.6) is 0 Å². The van der Waals surface area contributed by atoms with E-state index in [1.165, 1.54) is 7.11 Å². The number of hydrogen-bond donors (Lipinski definition) is 1. The minimum Gasteiger partial charge on any atom is -0.469 e. The number of fused-ring (bicyclic) bond motifs is 2. The first-order chi connectivity index (χ1) is 11.8. The summed E-state index contributed by atoms with van der Waals surface area (Å²) in [5, 5.41) is 10.4. The molecule has 3 aliphatic carbocycles. The van der Waals surface area contributed by atoms with Crippen LogP contribution in [0.2, 0.25) is 0 Å². The highest BCUT2D eigenvalue weighted by molar-refractivity contribution is 5.85. The molecule has 8 atom stereocenters. The van der Waals surface area contributed by atoms with E-state index in [1.807, 2.05) is 12.2 Å². The molecule has 5 nitrogen and oxygen atoms in total. The number of ether oxygens (including phenoxy) is 2. The summed E-state index contributed by atoms with van der Waals surface area (Å²) < 4.78 is 10.8. The molecule has 140 valence electrons. The van der Waals surface area contributed by atoms with Crippen LogP contribution < -0.4 is 0 Å². The van der Waals surface area contributed by atoms with Crippen LogP contribution in [0.15, 0.2) is 12.2 Å². The van der Waals surface area contributed by atoms with E-state index in [4.69, 9.17) is 9.47 Å². The molecular weight excluding hydrogens is 320 g/mol. The van der Waals surface area contributed by atoms with Crippen LogP contribution in [0.4, 0.5) is 0 Å². The van der Waals surface area contributed by atoms with E-state index in [2.05, 4.69) is 20.8 Å². The number of methoxy groups -OCH3 is 1. The molecule has 0 aromatic carbocycles. The van der Waals surface area contributed by atoms with Gasteiger partial charge in [-0.05, 0) is 30.6 Å². The van der Waals surface area contributed by atoms with Crippen LogP contribution in [0, 0.1) is 41.4 Å². The van der Waals surface area contributed by atoms with Crippen molar-refractivity contribution in [1.82, 2.24) is 0 Å². The molecule has 0 amide bonds. The monoisotopic (exact) mass is 350 g/mol. The third-order valence-corrected chi connectivity index (χ3v) is 6.53. The molecular formula is C20H30O5. The topological polar surface area (TPSA) is 72.8 Å². The Kier molecular flexibility index (Phi) is 5.24. The maximum absolute atomic E-state index is 13.0. The van der Waals surface area contributed by atoms with Gasteiger partial charge in [0.05, 0.1) is 25.0 Å². The molecule has 1 N–H and O–H groups in total. The Morgan fingerprint density at radius 1 is 1.08 bits per heavy atom. The molecule has 2 saturated carbocycles. The van der Waals surface area contributed by atoms with Crippen molar-refractivity contribution in [3.8, 4) is 0 Å². The lowest BCUT2D eigenvalue weighted by Crippen LogP contribution is -2.41. The first-order valence-corrected chi connectivity index (χ1v) is 9.49. The maximum atomic E-state index is 13.0. The van der Waals surface area contributed by atoms with Crippen molar-refractivity contribution in [2.75, 3.05) is 7.11 Å². The molecule has 25 heavy (non-hydrogen) atoms. The summed E-state index contributed by atoms with van der Waals surface area (Å²) in [6, 6.07) is 0. The Balaban J connectivity index is 1.77. The lowest BCUT2D eigenvalue weighted by Gasteiger charge is -2.38. The van der Waals surface area contributed by atoms with Gasteiger partial charge in [0.2, 0.25) is 0 Å². The molecule has 0 unspecified atom stereocenters. The summed E-state index contributed by atoms with van der Waals surface area (Å²) in [5.74, 6) is -1.41. The first kappa shape index (κ1) is 18.4. The molecule has 3 rings (SSSR count). The molecule has 0 aromatic heterocycles. The SMILES string of the molecule is COC(=O)[C@H]1[C@@H]2C=C[C@@H]([C@@H]2O)[C@@H]1C(=O)O[C@@H]1C[C@H](C)CC[C@H]1C(C)C. The summed E-state index contributed by atoms with van der Waals surface area (Å²) in [5.41, 5.74) is 0. The van der Waals surface area contributed by atoms with Crippen molar-refractivity contribution in [3.63, 3.8) is 0 Å². The molecule has 3 aliphatic rings. The van der Waals surface area contributed by atoms with Gasteiger partial charge in [-0.15, -0.1) is 0 Å². The predicted molar refractivity (Wildman–Crippen MR) is 92.3 cm³/mol. The second-order valence-corrected chi connectivity index (χ2v) is 8.41. The molecule has 0 aromatic rings. The average Bonchev–Trinajstić information content (AvgIpc) is 3.06. The number of aliphatic hydroxyl groups excluding tert-OH is 1. The fourth-order valence-corrected chi connectivity index (χ4v) is 5.11. The van der Waals surface area contributed by atoms with Crippen LogP contribution >= 0.6 is 0 Å². The quantitative estimate of drug-likeness (QED) is 0.623. The normalized spacial score (nSPS) is 42.6. The second-order valence-electron chi connectivity index (χ2n) is 8.41. The Morgan fingerprint density at radius 2 is 1.68 bits per heavy atom. The first-order valence-electron chi connectivity index (χ1n) is 9.49. The van der Waals surface area contributed by atoms with Crippen LogP contribution in [-0.4, -0.2) is 36.4 Å². The average molecular weight is 350 g/mol. The zero-order valence-electron chi connectivity index (χ0n) is 15.6. The van der Waals surface area contributed by atoms with Crippen LogP contribution in [0.1, 0.15) is 40.0 Å². The van der Waals surface area contributed by atoms with Crippen molar-refractivity contribution < 1.29 is 24.2 Å². The van der Waals surface area contributed by atoms with E-state index in [9.17, 15) is 14.7 Å². The summed E-state index contributed by atoms with van der Waals surface area (Å²) in [4.78, 5) is 25.2. The van der Waals surface area contributed by atoms with Crippen LogP contribution in [-0.2, 0) is 19.1 Å². The highest BCUT2D eigenvalue weighted by atomic mass is 16.5. The van der Waals surface area contributed by atoms with Gasteiger partial charge < -0.3 is 14.6 Å². The van der Waals surface area contributed by atoms with Gasteiger partial charge in [-0.2, -0.15) is 0 Å². The summed E-state index contributed by atoms with van der Waals surface area (Å²) in [6.45, 7) is 6.53. The Bertz CT molecular complexity index is 554. The van der Waals surface area contributed by atoms with E-state index in [0.717, 1.165) is 19.3 Å². The van der Waals surface area contributed by atoms with Crippen molar-refractivity contribution in [1.29, 1.82) is 0 Å². The van der Waals surface area contributed by atoms with Gasteiger partial charge in [0, 0.05) is 11.8 Å². The molecule has 5 heteroatoms. The van der Waals surface area contributed by atoms with Gasteiger partial charge in [0.15, 0.2) is 0 Å². The third-order valence-electron chi connectivity index (χ3n) is 6.53. The molecule has 2 fully saturated rings. The maximum Gasteiger partial charge on any atom is 0.310 e. The number of carbonyl (C=O) groups excluding carboxylic acids is 2. The zero-order valence-corrected chi connectivity index (χ0v) is 15.6. The number of carbonyl (C=O) groups is 2. The van der Waals surface area contributed by atoms with Crippen molar-refractivity contribution in [2.45, 2.75) is 52.2 Å². The lowest BCUT2D eigenvalue weighted by atomic mass is 9.75. The van der Waals surface area contributed by atoms with E-state index < -0.39 is 23.9 Å². The molecule has 0 heterocycles. The van der Waals surface area contributed by atoms with Crippen LogP contribution in [0.3, 0.4) is 0 Å². The summed E-state index contributed by atoms with van der Waals surface area (Å²) >= 11 is 0. The Labute approximate surface area is 149 Å². The van der Waals surface area contributed by atoms with Crippen LogP contribution in [0.25, 0.3) is 0 Å². The lowest BCUT2D eigenvalue weighted by molar-refractivity contribution is -0.168. The van der Waals surface area contributed by atoms with E-state index in [0.29, 0.717) is 17.8 Å². The van der Waals surface area contributed by atoms with E-state index in [1.54, 1.807) is 0 Å². The summed E-state index contributed by atoms with van der Waals surface area (Å²) in [7, 11) is 1.32. The van der Waals surface area contributed by atoms with E-state index >= 15 is 0 Å². The second kappa shape index (κ2) is 7.10. The highest BCUT2D eigenvalue weighted by Gasteiger charge is 2.58. The fraction of sp³-hybridized carbons (Fsp3) is 0.800. The Hall–Kier alpha value is -1.36. The number of hydrogen-bond acceptors (Lipinski definition) is 5. The predicted octanol–water partition coefficient (Wildman–Crippen LogP) is 2.57. The van der Waals surface area contributed by atoms with Gasteiger partial charge in [0.1, 0.15) is 6.10 Å². The molecule has 0 spiro atoms. The zero-order chi connectivity index (χ0) is 18.3. The largest absolute Gasteiger partial charge is 0.469 e. The van der Waals surface area contributed by atoms with E-state index in [-0.39, 0.29) is 23.9 Å². The van der Waals surface area contributed by atoms with Gasteiger partial charge in [-0.25, -0.2) is 0 Å².